The second-order valence-electron chi connectivity index (χ2n) is 7.24. The fourth-order valence-corrected chi connectivity index (χ4v) is 3.48. The summed E-state index contributed by atoms with van der Waals surface area (Å²) < 4.78 is 29.5. The molecule has 11 heteroatoms. The fourth-order valence-electron chi connectivity index (χ4n) is 3.48. The van der Waals surface area contributed by atoms with Gasteiger partial charge in [-0.2, -0.15) is 0 Å². The van der Waals surface area contributed by atoms with E-state index in [1.807, 2.05) is 0 Å². The zero-order valence-electron chi connectivity index (χ0n) is 17.9. The lowest BCUT2D eigenvalue weighted by molar-refractivity contribution is -0.185. The summed E-state index contributed by atoms with van der Waals surface area (Å²) in [7, 11) is 1.33. The van der Waals surface area contributed by atoms with Crippen molar-refractivity contribution in [1.82, 2.24) is 10.2 Å². The molecule has 6 atom stereocenters. The number of methoxy groups -OCH3 is 1. The van der Waals surface area contributed by atoms with E-state index in [9.17, 15) is 29.0 Å². The van der Waals surface area contributed by atoms with Gasteiger partial charge in [0.05, 0.1) is 6.10 Å². The Balaban J connectivity index is 3.04. The van der Waals surface area contributed by atoms with Gasteiger partial charge in [-0.1, -0.05) is 13.8 Å². The number of aliphatic hydroxyl groups is 1. The monoisotopic (exact) mass is 436 g/mol. The van der Waals surface area contributed by atoms with Gasteiger partial charge in [0.1, 0.15) is 12.1 Å². The highest BCUT2D eigenvalue weighted by atomic mass is 19.1. The number of nitrogens with zero attached hydrogens (tertiary/aromatic N) is 1. The van der Waals surface area contributed by atoms with Gasteiger partial charge in [-0.15, -0.1) is 0 Å². The summed E-state index contributed by atoms with van der Waals surface area (Å²) in [5.41, 5.74) is 0. The summed E-state index contributed by atoms with van der Waals surface area (Å²) in [4.78, 5) is 37.1. The molecule has 1 aliphatic heterocycles. The van der Waals surface area contributed by atoms with Crippen LogP contribution in [0.5, 0.6) is 0 Å². The average molecular weight is 436 g/mol. The first-order chi connectivity index (χ1) is 14.2. The average Bonchev–Trinajstić information content (AvgIpc) is 3.05. The van der Waals surface area contributed by atoms with Crippen LogP contribution in [0, 0.1) is 5.92 Å². The second-order valence-corrected chi connectivity index (χ2v) is 7.24. The Bertz CT molecular complexity index is 579. The number of aliphatic hydroxyl groups excluding tert-OH is 1. The summed E-state index contributed by atoms with van der Waals surface area (Å²) in [6, 6.07) is -2.21. The predicted molar refractivity (Wildman–Crippen MR) is 103 cm³/mol. The van der Waals surface area contributed by atoms with Crippen molar-refractivity contribution in [3.05, 3.63) is 0 Å². The van der Waals surface area contributed by atoms with Crippen molar-refractivity contribution in [2.24, 2.45) is 5.92 Å². The number of halogens is 1. The Labute approximate surface area is 175 Å². The van der Waals surface area contributed by atoms with E-state index in [0.717, 1.165) is 0 Å². The molecular weight excluding hydrogens is 403 g/mol. The highest BCUT2D eigenvalue weighted by Crippen LogP contribution is 2.32. The van der Waals surface area contributed by atoms with Gasteiger partial charge in [0.15, 0.2) is 0 Å². The third kappa shape index (κ3) is 7.46. The molecule has 174 valence electrons. The topological polar surface area (TPSA) is 135 Å². The van der Waals surface area contributed by atoms with Gasteiger partial charge >= 0.3 is 11.9 Å². The van der Waals surface area contributed by atoms with Crippen molar-refractivity contribution < 1.29 is 43.2 Å². The smallest absolute Gasteiger partial charge is 0.326 e. The zero-order valence-corrected chi connectivity index (χ0v) is 17.9. The number of amides is 1. The maximum Gasteiger partial charge on any atom is 0.326 e. The number of hydrogen-bond acceptors (Lipinski definition) is 8. The number of ether oxygens (including phenoxy) is 3. The van der Waals surface area contributed by atoms with Gasteiger partial charge < -0.3 is 29.7 Å². The molecule has 30 heavy (non-hydrogen) atoms. The molecule has 0 aromatic rings. The molecular formula is C19H33FN2O8. The summed E-state index contributed by atoms with van der Waals surface area (Å²) in [6.45, 7) is 4.35. The maximum absolute atomic E-state index is 13.9. The van der Waals surface area contributed by atoms with E-state index in [0.29, 0.717) is 12.8 Å². The lowest BCUT2D eigenvalue weighted by atomic mass is 10.00. The SMILES string of the molecule is CCCC(F)OC(=O)C1C(CO)CC(C(=O)O)N1CC(CC)OC(NC(C)=O)OC. The van der Waals surface area contributed by atoms with E-state index in [4.69, 9.17) is 14.2 Å². The molecule has 0 aromatic heterocycles. The molecule has 10 nitrogen and oxygen atoms in total. The number of carboxylic acid groups (broad SMARTS) is 1. The summed E-state index contributed by atoms with van der Waals surface area (Å²) in [5, 5.41) is 21.8. The van der Waals surface area contributed by atoms with Gasteiger partial charge in [-0.25, -0.2) is 4.39 Å². The molecule has 0 radical (unpaired) electrons. The quantitative estimate of drug-likeness (QED) is 0.280. The van der Waals surface area contributed by atoms with Crippen molar-refractivity contribution >= 4 is 17.8 Å². The fraction of sp³-hybridized carbons (Fsp3) is 0.842. The van der Waals surface area contributed by atoms with Gasteiger partial charge in [-0.05, 0) is 19.3 Å². The molecule has 0 bridgehead atoms. The lowest BCUT2D eigenvalue weighted by Gasteiger charge is -2.32. The number of esters is 1. The Hall–Kier alpha value is -1.82. The standard InChI is InChI=1S/C19H33FN2O8/c1-5-7-15(20)30-18(27)16-12(10-23)8-14(17(25)26)22(16)9-13(6-2)29-19(28-4)21-11(3)24/h12-16,19,23H,5-10H2,1-4H3,(H,21,24)(H,25,26). The van der Waals surface area contributed by atoms with E-state index in [2.05, 4.69) is 5.32 Å². The number of carbonyl (C=O) groups is 3. The van der Waals surface area contributed by atoms with Crippen LogP contribution >= 0.6 is 0 Å². The van der Waals surface area contributed by atoms with Crippen LogP contribution < -0.4 is 5.32 Å². The molecule has 0 aromatic carbocycles. The molecule has 0 spiro atoms. The Morgan fingerprint density at radius 3 is 2.43 bits per heavy atom. The number of likely N-dealkylation sites (tertiary alicyclic amines) is 1. The van der Waals surface area contributed by atoms with Crippen molar-refractivity contribution in [3.8, 4) is 0 Å². The van der Waals surface area contributed by atoms with Crippen LogP contribution in [0.1, 0.15) is 46.5 Å². The molecule has 1 heterocycles. The molecule has 1 amide bonds. The number of nitrogens with one attached hydrogen (secondary N) is 1. The molecule has 0 saturated carbocycles. The summed E-state index contributed by atoms with van der Waals surface area (Å²) in [6.07, 6.45) is -2.56. The van der Waals surface area contributed by atoms with Crippen molar-refractivity contribution in [3.63, 3.8) is 0 Å². The number of carbonyl (C=O) groups excluding carboxylic acids is 2. The largest absolute Gasteiger partial charge is 0.480 e. The van der Waals surface area contributed by atoms with E-state index in [1.54, 1.807) is 13.8 Å². The lowest BCUT2D eigenvalue weighted by Crippen LogP contribution is -2.51. The molecule has 1 fully saturated rings. The van der Waals surface area contributed by atoms with Gasteiger partial charge in [0.25, 0.3) is 0 Å². The van der Waals surface area contributed by atoms with Crippen LogP contribution in [0.4, 0.5) is 4.39 Å². The highest BCUT2D eigenvalue weighted by molar-refractivity contribution is 5.81. The molecule has 3 N–H and O–H groups in total. The van der Waals surface area contributed by atoms with Crippen LogP contribution in [0.15, 0.2) is 0 Å². The van der Waals surface area contributed by atoms with E-state index in [-0.39, 0.29) is 25.3 Å². The maximum atomic E-state index is 13.9. The van der Waals surface area contributed by atoms with E-state index >= 15 is 0 Å². The normalized spacial score (nSPS) is 24.8. The number of alkyl halides is 1. The van der Waals surface area contributed by atoms with Gasteiger partial charge in [0.2, 0.25) is 18.7 Å². The van der Waals surface area contributed by atoms with E-state index < -0.39 is 55.4 Å². The first-order valence-corrected chi connectivity index (χ1v) is 10.1. The first-order valence-electron chi connectivity index (χ1n) is 10.1. The first kappa shape index (κ1) is 26.2. The minimum absolute atomic E-state index is 0.00612. The van der Waals surface area contributed by atoms with Crippen LogP contribution in [0.3, 0.4) is 0 Å². The Morgan fingerprint density at radius 2 is 1.97 bits per heavy atom. The van der Waals surface area contributed by atoms with Gasteiger partial charge in [-0.3, -0.25) is 19.3 Å². The number of hydrogen-bond donors (Lipinski definition) is 3. The molecule has 6 unspecified atom stereocenters. The Morgan fingerprint density at radius 1 is 1.30 bits per heavy atom. The van der Waals surface area contributed by atoms with Gasteiger partial charge in [0, 0.05) is 39.5 Å². The minimum atomic E-state index is -1.80. The highest BCUT2D eigenvalue weighted by Gasteiger charge is 2.49. The zero-order chi connectivity index (χ0) is 22.8. The van der Waals surface area contributed by atoms with Crippen molar-refractivity contribution in [2.75, 3.05) is 20.3 Å². The van der Waals surface area contributed by atoms with Crippen LogP contribution in [0.2, 0.25) is 0 Å². The van der Waals surface area contributed by atoms with Crippen LogP contribution in [-0.4, -0.2) is 84.2 Å². The van der Waals surface area contributed by atoms with Crippen LogP contribution in [0.25, 0.3) is 0 Å². The molecule has 1 saturated heterocycles. The molecule has 1 rings (SSSR count). The number of rotatable bonds is 13. The second kappa shape index (κ2) is 12.8. The van der Waals surface area contributed by atoms with E-state index in [1.165, 1.54) is 18.9 Å². The number of carboxylic acids is 1. The van der Waals surface area contributed by atoms with Crippen LogP contribution in [-0.2, 0) is 28.6 Å². The van der Waals surface area contributed by atoms with Crippen molar-refractivity contribution in [2.45, 2.75) is 77.4 Å². The third-order valence-electron chi connectivity index (χ3n) is 4.97. The number of aliphatic carboxylic acids is 1. The molecule has 1 aliphatic rings. The Kier molecular flexibility index (Phi) is 11.2. The summed E-state index contributed by atoms with van der Waals surface area (Å²) >= 11 is 0. The predicted octanol–water partition coefficient (Wildman–Crippen LogP) is 0.623. The third-order valence-corrected chi connectivity index (χ3v) is 4.97. The summed E-state index contributed by atoms with van der Waals surface area (Å²) in [5.74, 6) is -3.20. The molecule has 0 aliphatic carbocycles. The van der Waals surface area contributed by atoms with Crippen molar-refractivity contribution in [1.29, 1.82) is 0 Å². The minimum Gasteiger partial charge on any atom is -0.480 e.